The van der Waals surface area contributed by atoms with Crippen LogP contribution in [0.3, 0.4) is 0 Å². The molecule has 1 unspecified atom stereocenters. The number of aromatic amines is 1. The van der Waals surface area contributed by atoms with Gasteiger partial charge in [-0.25, -0.2) is 8.42 Å². The minimum absolute atomic E-state index is 0.0590. The van der Waals surface area contributed by atoms with E-state index >= 15 is 0 Å². The van der Waals surface area contributed by atoms with E-state index in [1.807, 2.05) is 25.1 Å². The topological polar surface area (TPSA) is 112 Å². The number of thiophene rings is 1. The zero-order chi connectivity index (χ0) is 20.6. The van der Waals surface area contributed by atoms with E-state index in [2.05, 4.69) is 14.7 Å². The zero-order valence-corrected chi connectivity index (χ0v) is 18.0. The van der Waals surface area contributed by atoms with E-state index in [0.717, 1.165) is 21.7 Å². The highest BCUT2D eigenvalue weighted by atomic mass is 32.2. The molecule has 3 heterocycles. The average Bonchev–Trinajstić information content (AvgIpc) is 3.39. The summed E-state index contributed by atoms with van der Waals surface area (Å²) in [6.45, 7) is 2.38. The van der Waals surface area contributed by atoms with E-state index in [0.29, 0.717) is 28.4 Å². The Labute approximate surface area is 176 Å². The Hall–Kier alpha value is -2.30. The summed E-state index contributed by atoms with van der Waals surface area (Å²) in [6, 6.07) is 9.14. The number of carboxylic acid groups (broad SMARTS) is 1. The first-order valence-electron chi connectivity index (χ1n) is 9.01. The standard InChI is InChI=1S/C19H19N3O4S3/c1-2-11-6-7-27-19(11)29(25,26)22-14-5-3-4-12-8-15(21-17(12)14)18-20-10-13(28-18)9-16(23)24/h3-8,13,21-22H,2,9-10H2,1H3,(H,23,24). The Morgan fingerprint density at radius 1 is 1.38 bits per heavy atom. The zero-order valence-electron chi connectivity index (χ0n) is 15.5. The number of H-pyrrole nitrogens is 1. The number of carboxylic acids is 1. The maximum absolute atomic E-state index is 12.9. The van der Waals surface area contributed by atoms with Gasteiger partial charge in [-0.3, -0.25) is 14.5 Å². The van der Waals surface area contributed by atoms with Crippen LogP contribution in [0.4, 0.5) is 5.69 Å². The number of benzene rings is 1. The number of thioether (sulfide) groups is 1. The van der Waals surface area contributed by atoms with Gasteiger partial charge in [0.15, 0.2) is 0 Å². The monoisotopic (exact) mass is 449 g/mol. The molecule has 0 fully saturated rings. The Morgan fingerprint density at radius 3 is 2.97 bits per heavy atom. The van der Waals surface area contributed by atoms with Crippen molar-refractivity contribution in [3.63, 3.8) is 0 Å². The number of sulfonamides is 1. The third-order valence-electron chi connectivity index (χ3n) is 4.58. The van der Waals surface area contributed by atoms with Crippen LogP contribution in [0.2, 0.25) is 0 Å². The lowest BCUT2D eigenvalue weighted by Gasteiger charge is -2.09. The first kappa shape index (κ1) is 20.0. The molecule has 2 aromatic heterocycles. The number of nitrogens with one attached hydrogen (secondary N) is 2. The third kappa shape index (κ3) is 4.05. The maximum atomic E-state index is 12.9. The van der Waals surface area contributed by atoms with E-state index < -0.39 is 16.0 Å². The largest absolute Gasteiger partial charge is 0.481 e. The number of nitrogens with zero attached hydrogens (tertiary/aromatic N) is 1. The summed E-state index contributed by atoms with van der Waals surface area (Å²) in [7, 11) is -3.69. The van der Waals surface area contributed by atoms with Crippen LogP contribution in [0.1, 0.15) is 24.6 Å². The highest BCUT2D eigenvalue weighted by molar-refractivity contribution is 8.15. The number of hydrogen-bond acceptors (Lipinski definition) is 6. The van der Waals surface area contributed by atoms with Gasteiger partial charge in [0.05, 0.1) is 29.9 Å². The Morgan fingerprint density at radius 2 is 2.21 bits per heavy atom. The second-order valence-corrected chi connectivity index (χ2v) is 10.7. The summed E-state index contributed by atoms with van der Waals surface area (Å²) in [5.41, 5.74) is 2.69. The van der Waals surface area contributed by atoms with E-state index in [-0.39, 0.29) is 11.7 Å². The van der Waals surface area contributed by atoms with E-state index in [4.69, 9.17) is 5.11 Å². The number of aryl methyl sites for hydroxylation is 1. The van der Waals surface area contributed by atoms with Crippen LogP contribution in [0.15, 0.2) is 44.9 Å². The summed E-state index contributed by atoms with van der Waals surface area (Å²) >= 11 is 2.64. The van der Waals surface area contributed by atoms with Gasteiger partial charge in [0.25, 0.3) is 10.0 Å². The molecule has 7 nitrogen and oxygen atoms in total. The molecular weight excluding hydrogens is 430 g/mol. The van der Waals surface area contributed by atoms with Gasteiger partial charge in [-0.1, -0.05) is 30.8 Å². The normalized spacial score (nSPS) is 16.9. The quantitative estimate of drug-likeness (QED) is 0.506. The molecule has 0 saturated heterocycles. The number of anilines is 1. The van der Waals surface area contributed by atoms with Crippen molar-refractivity contribution in [1.29, 1.82) is 0 Å². The molecule has 10 heteroatoms. The smallest absolute Gasteiger partial charge is 0.304 e. The second-order valence-electron chi connectivity index (χ2n) is 6.63. The number of fused-ring (bicyclic) bond motifs is 1. The second kappa shape index (κ2) is 7.85. The molecule has 0 aliphatic carbocycles. The van der Waals surface area contributed by atoms with E-state index in [1.165, 1.54) is 23.1 Å². The number of rotatable bonds is 7. The van der Waals surface area contributed by atoms with Crippen LogP contribution >= 0.6 is 23.1 Å². The van der Waals surface area contributed by atoms with Gasteiger partial charge in [0, 0.05) is 10.6 Å². The van der Waals surface area contributed by atoms with Crippen LogP contribution in [0.5, 0.6) is 0 Å². The van der Waals surface area contributed by atoms with E-state index in [1.54, 1.807) is 17.5 Å². The minimum Gasteiger partial charge on any atom is -0.481 e. The Balaban J connectivity index is 1.63. The number of para-hydroxylation sites is 1. The van der Waals surface area contributed by atoms with Crippen LogP contribution < -0.4 is 4.72 Å². The van der Waals surface area contributed by atoms with Gasteiger partial charge < -0.3 is 10.1 Å². The molecule has 1 aromatic carbocycles. The van der Waals surface area contributed by atoms with Crippen molar-refractivity contribution in [3.05, 3.63) is 47.0 Å². The molecule has 152 valence electrons. The molecule has 1 aliphatic rings. The van der Waals surface area contributed by atoms with Gasteiger partial charge in [-0.2, -0.15) is 0 Å². The molecule has 0 spiro atoms. The van der Waals surface area contributed by atoms with Crippen LogP contribution in [0, 0.1) is 0 Å². The summed E-state index contributed by atoms with van der Waals surface area (Å²) < 4.78 is 28.8. The highest BCUT2D eigenvalue weighted by Gasteiger charge is 2.25. The third-order valence-corrected chi connectivity index (χ3v) is 8.74. The molecule has 29 heavy (non-hydrogen) atoms. The van der Waals surface area contributed by atoms with Crippen molar-refractivity contribution >= 4 is 60.7 Å². The molecule has 3 N–H and O–H groups in total. The number of aromatic nitrogens is 1. The van der Waals surface area contributed by atoms with Crippen molar-refractivity contribution < 1.29 is 18.3 Å². The van der Waals surface area contributed by atoms with Crippen molar-refractivity contribution in [2.45, 2.75) is 29.2 Å². The molecule has 0 saturated carbocycles. The number of aliphatic carboxylic acids is 1. The first-order valence-corrected chi connectivity index (χ1v) is 12.3. The van der Waals surface area contributed by atoms with Crippen LogP contribution in [-0.2, 0) is 21.2 Å². The van der Waals surface area contributed by atoms with Crippen LogP contribution in [-0.4, -0.2) is 41.3 Å². The van der Waals surface area contributed by atoms with Crippen molar-refractivity contribution in [3.8, 4) is 0 Å². The number of hydrogen-bond donors (Lipinski definition) is 3. The lowest BCUT2D eigenvalue weighted by molar-refractivity contribution is -0.136. The van der Waals surface area contributed by atoms with Gasteiger partial charge in [-0.05, 0) is 35.6 Å². The van der Waals surface area contributed by atoms with Gasteiger partial charge >= 0.3 is 5.97 Å². The SMILES string of the molecule is CCc1ccsc1S(=O)(=O)Nc1cccc2cc(C3=NCC(CC(=O)O)S3)[nH]c12. The molecule has 0 bridgehead atoms. The van der Waals surface area contributed by atoms with Crippen LogP contribution in [0.25, 0.3) is 10.9 Å². The van der Waals surface area contributed by atoms with Gasteiger partial charge in [-0.15, -0.1) is 11.3 Å². The van der Waals surface area contributed by atoms with Crippen molar-refractivity contribution in [2.75, 3.05) is 11.3 Å². The number of carbonyl (C=O) groups is 1. The molecule has 4 rings (SSSR count). The molecule has 1 aliphatic heterocycles. The predicted molar refractivity (Wildman–Crippen MR) is 118 cm³/mol. The highest BCUT2D eigenvalue weighted by Crippen LogP contribution is 2.32. The molecule has 1 atom stereocenters. The molecule has 0 radical (unpaired) electrons. The Bertz CT molecular complexity index is 1210. The fourth-order valence-corrected chi connectivity index (χ4v) is 6.94. The number of aliphatic imine (C=N–C) groups is 1. The molecule has 3 aromatic rings. The van der Waals surface area contributed by atoms with Gasteiger partial charge in [0.2, 0.25) is 0 Å². The average molecular weight is 450 g/mol. The molecule has 0 amide bonds. The fourth-order valence-electron chi connectivity index (χ4n) is 3.23. The predicted octanol–water partition coefficient (Wildman–Crippen LogP) is 3.93. The van der Waals surface area contributed by atoms with Gasteiger partial charge in [0.1, 0.15) is 9.25 Å². The summed E-state index contributed by atoms with van der Waals surface area (Å²) in [5, 5.41) is 12.3. The summed E-state index contributed by atoms with van der Waals surface area (Å²) in [6.07, 6.45) is 0.703. The lowest BCUT2D eigenvalue weighted by Crippen LogP contribution is -2.13. The fraction of sp³-hybridized carbons (Fsp3) is 0.263. The summed E-state index contributed by atoms with van der Waals surface area (Å²) in [5.74, 6) is -0.840. The first-order chi connectivity index (χ1) is 13.9. The van der Waals surface area contributed by atoms with E-state index in [9.17, 15) is 13.2 Å². The maximum Gasteiger partial charge on any atom is 0.304 e. The van der Waals surface area contributed by atoms with Crippen molar-refractivity contribution in [1.82, 2.24) is 4.98 Å². The van der Waals surface area contributed by atoms with Crippen molar-refractivity contribution in [2.24, 2.45) is 4.99 Å². The molecular formula is C19H19N3O4S3. The summed E-state index contributed by atoms with van der Waals surface area (Å²) in [4.78, 5) is 18.6. The Kier molecular flexibility index (Phi) is 5.41. The minimum atomic E-state index is -3.69. The lowest BCUT2D eigenvalue weighted by atomic mass is 10.2.